The molecule has 2 nitrogen and oxygen atoms in total. The van der Waals surface area contributed by atoms with Gasteiger partial charge in [0.05, 0.1) is 6.61 Å². The first-order valence-corrected chi connectivity index (χ1v) is 6.67. The predicted octanol–water partition coefficient (Wildman–Crippen LogP) is 3.07. The van der Waals surface area contributed by atoms with Gasteiger partial charge in [0.25, 0.3) is 0 Å². The van der Waals surface area contributed by atoms with Gasteiger partial charge in [0.15, 0.2) is 0 Å². The SMILES string of the molecule is COCC(NCC(C)(C)CC(C)C)C1CC1. The summed E-state index contributed by atoms with van der Waals surface area (Å²) in [6.07, 6.45) is 4.04. The second kappa shape index (κ2) is 6.02. The molecule has 0 bridgehead atoms. The van der Waals surface area contributed by atoms with Crippen LogP contribution < -0.4 is 5.32 Å². The number of methoxy groups -OCH3 is 1. The lowest BCUT2D eigenvalue weighted by Crippen LogP contribution is -2.41. The number of hydrogen-bond acceptors (Lipinski definition) is 2. The van der Waals surface area contributed by atoms with E-state index in [-0.39, 0.29) is 0 Å². The zero-order chi connectivity index (χ0) is 12.2. The molecule has 1 rings (SSSR count). The summed E-state index contributed by atoms with van der Waals surface area (Å²) in [4.78, 5) is 0. The summed E-state index contributed by atoms with van der Waals surface area (Å²) in [5.41, 5.74) is 0.398. The molecule has 0 aromatic heterocycles. The zero-order valence-corrected chi connectivity index (χ0v) is 11.7. The minimum atomic E-state index is 0.398. The molecule has 0 spiro atoms. The van der Waals surface area contributed by atoms with Crippen LogP contribution in [-0.2, 0) is 4.74 Å². The van der Waals surface area contributed by atoms with E-state index in [1.165, 1.54) is 19.3 Å². The summed E-state index contributed by atoms with van der Waals surface area (Å²) in [6, 6.07) is 0.580. The van der Waals surface area contributed by atoms with Crippen LogP contribution in [0.25, 0.3) is 0 Å². The Morgan fingerprint density at radius 2 is 1.94 bits per heavy atom. The summed E-state index contributed by atoms with van der Waals surface area (Å²) in [7, 11) is 1.80. The fraction of sp³-hybridized carbons (Fsp3) is 1.00. The molecule has 0 saturated heterocycles. The second-order valence-electron chi connectivity index (χ2n) is 6.54. The molecule has 0 aliphatic heterocycles. The van der Waals surface area contributed by atoms with Gasteiger partial charge >= 0.3 is 0 Å². The first-order valence-electron chi connectivity index (χ1n) is 6.67. The summed E-state index contributed by atoms with van der Waals surface area (Å²) < 4.78 is 5.29. The van der Waals surface area contributed by atoms with Gasteiger partial charge in [-0.3, -0.25) is 0 Å². The molecule has 96 valence electrons. The molecule has 16 heavy (non-hydrogen) atoms. The lowest BCUT2D eigenvalue weighted by molar-refractivity contribution is 0.146. The molecule has 1 aliphatic rings. The molecule has 1 unspecified atom stereocenters. The maximum Gasteiger partial charge on any atom is 0.0618 e. The Balaban J connectivity index is 2.29. The molecule has 1 fully saturated rings. The summed E-state index contributed by atoms with van der Waals surface area (Å²) in [5.74, 6) is 1.65. The van der Waals surface area contributed by atoms with Gasteiger partial charge in [-0.25, -0.2) is 0 Å². The van der Waals surface area contributed by atoms with Gasteiger partial charge in [0.1, 0.15) is 0 Å². The van der Waals surface area contributed by atoms with E-state index in [2.05, 4.69) is 33.0 Å². The third-order valence-corrected chi connectivity index (χ3v) is 3.34. The van der Waals surface area contributed by atoms with Gasteiger partial charge in [-0.05, 0) is 36.5 Å². The van der Waals surface area contributed by atoms with Crippen LogP contribution in [0.3, 0.4) is 0 Å². The van der Waals surface area contributed by atoms with Crippen molar-refractivity contribution in [3.05, 3.63) is 0 Å². The standard InChI is InChI=1S/C14H29NO/c1-11(2)8-14(3,4)10-15-13(9-16-5)12-6-7-12/h11-13,15H,6-10H2,1-5H3. The molecule has 2 heteroatoms. The first-order chi connectivity index (χ1) is 7.44. The van der Waals surface area contributed by atoms with Crippen molar-refractivity contribution in [2.45, 2.75) is 53.0 Å². The van der Waals surface area contributed by atoms with Crippen LogP contribution in [0.2, 0.25) is 0 Å². The topological polar surface area (TPSA) is 21.3 Å². The molecule has 0 amide bonds. The fourth-order valence-corrected chi connectivity index (χ4v) is 2.62. The molecular weight excluding hydrogens is 198 g/mol. The van der Waals surface area contributed by atoms with Crippen molar-refractivity contribution in [1.29, 1.82) is 0 Å². The van der Waals surface area contributed by atoms with Gasteiger partial charge in [-0.2, -0.15) is 0 Å². The van der Waals surface area contributed by atoms with E-state index in [1.807, 2.05) is 0 Å². The number of rotatable bonds is 8. The molecule has 0 heterocycles. The summed E-state index contributed by atoms with van der Waals surface area (Å²) in [6.45, 7) is 11.3. The van der Waals surface area contributed by atoms with Crippen molar-refractivity contribution in [3.8, 4) is 0 Å². The average molecular weight is 227 g/mol. The van der Waals surface area contributed by atoms with Crippen LogP contribution in [0.1, 0.15) is 47.0 Å². The lowest BCUT2D eigenvalue weighted by atomic mass is 9.84. The highest BCUT2D eigenvalue weighted by Gasteiger charge is 2.32. The highest BCUT2D eigenvalue weighted by atomic mass is 16.5. The van der Waals surface area contributed by atoms with E-state index in [4.69, 9.17) is 4.74 Å². The van der Waals surface area contributed by atoms with Crippen LogP contribution >= 0.6 is 0 Å². The van der Waals surface area contributed by atoms with Crippen LogP contribution in [0, 0.1) is 17.3 Å². The fourth-order valence-electron chi connectivity index (χ4n) is 2.62. The van der Waals surface area contributed by atoms with Gasteiger partial charge in [0.2, 0.25) is 0 Å². The lowest BCUT2D eigenvalue weighted by Gasteiger charge is -2.30. The van der Waals surface area contributed by atoms with Gasteiger partial charge in [-0.1, -0.05) is 27.7 Å². The van der Waals surface area contributed by atoms with E-state index in [9.17, 15) is 0 Å². The minimum absolute atomic E-state index is 0.398. The van der Waals surface area contributed by atoms with Crippen molar-refractivity contribution in [3.63, 3.8) is 0 Å². The van der Waals surface area contributed by atoms with Gasteiger partial charge in [-0.15, -0.1) is 0 Å². The van der Waals surface area contributed by atoms with E-state index in [0.717, 1.165) is 25.0 Å². The predicted molar refractivity (Wildman–Crippen MR) is 69.6 cm³/mol. The van der Waals surface area contributed by atoms with Crippen molar-refractivity contribution in [1.82, 2.24) is 5.32 Å². The highest BCUT2D eigenvalue weighted by Crippen LogP contribution is 2.33. The average Bonchev–Trinajstić information content (AvgIpc) is 2.93. The molecule has 0 aromatic carbocycles. The van der Waals surface area contributed by atoms with Crippen LogP contribution in [0.15, 0.2) is 0 Å². The van der Waals surface area contributed by atoms with E-state index >= 15 is 0 Å². The minimum Gasteiger partial charge on any atom is -0.383 e. The molecule has 1 N–H and O–H groups in total. The maximum atomic E-state index is 5.29. The van der Waals surface area contributed by atoms with Crippen LogP contribution in [0.4, 0.5) is 0 Å². The Morgan fingerprint density at radius 3 is 2.38 bits per heavy atom. The summed E-state index contributed by atoms with van der Waals surface area (Å²) >= 11 is 0. The molecule has 0 aromatic rings. The molecular formula is C14H29NO. The third-order valence-electron chi connectivity index (χ3n) is 3.34. The number of hydrogen-bond donors (Lipinski definition) is 1. The van der Waals surface area contributed by atoms with Crippen LogP contribution in [-0.4, -0.2) is 26.3 Å². The monoisotopic (exact) mass is 227 g/mol. The van der Waals surface area contributed by atoms with Crippen molar-refractivity contribution in [2.24, 2.45) is 17.3 Å². The quantitative estimate of drug-likeness (QED) is 0.688. The molecule has 1 saturated carbocycles. The molecule has 0 radical (unpaired) electrons. The second-order valence-corrected chi connectivity index (χ2v) is 6.54. The highest BCUT2D eigenvalue weighted by molar-refractivity contribution is 4.87. The third kappa shape index (κ3) is 5.31. The Hall–Kier alpha value is -0.0800. The summed E-state index contributed by atoms with van der Waals surface area (Å²) in [5, 5.41) is 3.70. The van der Waals surface area contributed by atoms with Gasteiger partial charge in [0, 0.05) is 19.7 Å². The Morgan fingerprint density at radius 1 is 1.31 bits per heavy atom. The number of ether oxygens (including phenoxy) is 1. The Bertz CT molecular complexity index is 197. The Kier molecular flexibility index (Phi) is 5.26. The van der Waals surface area contributed by atoms with Crippen molar-refractivity contribution >= 4 is 0 Å². The van der Waals surface area contributed by atoms with Crippen molar-refractivity contribution < 1.29 is 4.74 Å². The largest absolute Gasteiger partial charge is 0.383 e. The van der Waals surface area contributed by atoms with Crippen molar-refractivity contribution in [2.75, 3.05) is 20.3 Å². The van der Waals surface area contributed by atoms with E-state index in [1.54, 1.807) is 7.11 Å². The molecule has 1 aliphatic carbocycles. The van der Waals surface area contributed by atoms with Crippen LogP contribution in [0.5, 0.6) is 0 Å². The maximum absolute atomic E-state index is 5.29. The van der Waals surface area contributed by atoms with E-state index in [0.29, 0.717) is 11.5 Å². The smallest absolute Gasteiger partial charge is 0.0618 e. The zero-order valence-electron chi connectivity index (χ0n) is 11.7. The number of nitrogens with one attached hydrogen (secondary N) is 1. The Labute approximate surface area is 101 Å². The van der Waals surface area contributed by atoms with Gasteiger partial charge < -0.3 is 10.1 Å². The first kappa shape index (κ1) is 14.0. The van der Waals surface area contributed by atoms with E-state index < -0.39 is 0 Å². The normalized spacial score (nSPS) is 19.1. The molecule has 1 atom stereocenters.